The van der Waals surface area contributed by atoms with E-state index in [1.165, 1.54) is 5.39 Å². The summed E-state index contributed by atoms with van der Waals surface area (Å²) in [6, 6.07) is 13.9. The molecule has 0 N–H and O–H groups in total. The number of hydrogen-bond donors (Lipinski definition) is 0. The van der Waals surface area contributed by atoms with Gasteiger partial charge in [0.2, 0.25) is 5.88 Å². The van der Waals surface area contributed by atoms with E-state index in [1.807, 2.05) is 31.2 Å². The molecule has 0 aliphatic carbocycles. The van der Waals surface area contributed by atoms with Crippen molar-refractivity contribution in [2.24, 2.45) is 0 Å². The van der Waals surface area contributed by atoms with Gasteiger partial charge in [0.15, 0.2) is 0 Å². The fourth-order valence-corrected chi connectivity index (χ4v) is 2.25. The molecule has 0 amide bonds. The number of aromatic nitrogens is 2. The third-order valence-electron chi connectivity index (χ3n) is 2.75. The molecule has 0 saturated carbocycles. The van der Waals surface area contributed by atoms with Gasteiger partial charge in [-0.2, -0.15) is 4.98 Å². The highest BCUT2D eigenvalue weighted by atomic mass is 79.9. The molecule has 3 nitrogen and oxygen atoms in total. The maximum absolute atomic E-state index is 5.73. The SMILES string of the molecule is Cc1nccc(Oc2ccc3cc(Br)ccc3c2)n1. The number of rotatable bonds is 2. The quantitative estimate of drug-likeness (QED) is 0.699. The monoisotopic (exact) mass is 314 g/mol. The van der Waals surface area contributed by atoms with Gasteiger partial charge in [-0.05, 0) is 42.0 Å². The number of hydrogen-bond acceptors (Lipinski definition) is 3. The third kappa shape index (κ3) is 2.74. The number of benzene rings is 2. The Kier molecular flexibility index (Phi) is 3.17. The molecule has 0 aliphatic rings. The smallest absolute Gasteiger partial charge is 0.222 e. The number of halogens is 1. The van der Waals surface area contributed by atoms with E-state index in [0.29, 0.717) is 11.7 Å². The molecule has 0 fully saturated rings. The van der Waals surface area contributed by atoms with E-state index < -0.39 is 0 Å². The molecule has 0 bridgehead atoms. The summed E-state index contributed by atoms with van der Waals surface area (Å²) in [6.45, 7) is 1.84. The minimum absolute atomic E-state index is 0.559. The van der Waals surface area contributed by atoms with E-state index in [0.717, 1.165) is 15.6 Å². The molecule has 0 atom stereocenters. The van der Waals surface area contributed by atoms with Crippen LogP contribution in [0.15, 0.2) is 53.1 Å². The Morgan fingerprint density at radius 1 is 1.00 bits per heavy atom. The highest BCUT2D eigenvalue weighted by Gasteiger charge is 2.01. The summed E-state index contributed by atoms with van der Waals surface area (Å²) < 4.78 is 6.80. The molecule has 0 aliphatic heterocycles. The van der Waals surface area contributed by atoms with E-state index in [4.69, 9.17) is 4.74 Å². The van der Waals surface area contributed by atoms with Crippen LogP contribution in [0.2, 0.25) is 0 Å². The zero-order valence-electron chi connectivity index (χ0n) is 10.3. The first kappa shape index (κ1) is 12.1. The summed E-state index contributed by atoms with van der Waals surface area (Å²) in [5.41, 5.74) is 0. The summed E-state index contributed by atoms with van der Waals surface area (Å²) in [7, 11) is 0. The maximum Gasteiger partial charge on any atom is 0.222 e. The predicted molar refractivity (Wildman–Crippen MR) is 78.5 cm³/mol. The molecule has 0 spiro atoms. The third-order valence-corrected chi connectivity index (χ3v) is 3.24. The predicted octanol–water partition coefficient (Wildman–Crippen LogP) is 4.49. The van der Waals surface area contributed by atoms with Gasteiger partial charge in [-0.25, -0.2) is 4.98 Å². The Morgan fingerprint density at radius 2 is 1.79 bits per heavy atom. The Balaban J connectivity index is 1.95. The van der Waals surface area contributed by atoms with Crippen LogP contribution in [0.1, 0.15) is 5.82 Å². The van der Waals surface area contributed by atoms with Gasteiger partial charge in [0.25, 0.3) is 0 Å². The van der Waals surface area contributed by atoms with Crippen LogP contribution < -0.4 is 4.74 Å². The first-order valence-electron chi connectivity index (χ1n) is 5.87. The molecule has 0 unspecified atom stereocenters. The molecule has 2 aromatic carbocycles. The Bertz CT molecular complexity index is 743. The molecule has 0 saturated heterocycles. The van der Waals surface area contributed by atoms with E-state index in [9.17, 15) is 0 Å². The summed E-state index contributed by atoms with van der Waals surface area (Å²) in [4.78, 5) is 8.27. The van der Waals surface area contributed by atoms with Crippen LogP contribution in [0.3, 0.4) is 0 Å². The highest BCUT2D eigenvalue weighted by molar-refractivity contribution is 9.10. The molecule has 1 aromatic heterocycles. The van der Waals surface area contributed by atoms with Crippen LogP contribution in [0.4, 0.5) is 0 Å². The molecular formula is C15H11BrN2O. The van der Waals surface area contributed by atoms with Crippen molar-refractivity contribution in [3.63, 3.8) is 0 Å². The lowest BCUT2D eigenvalue weighted by atomic mass is 10.1. The van der Waals surface area contributed by atoms with Crippen molar-refractivity contribution in [1.82, 2.24) is 9.97 Å². The van der Waals surface area contributed by atoms with Crippen molar-refractivity contribution in [1.29, 1.82) is 0 Å². The van der Waals surface area contributed by atoms with Crippen molar-refractivity contribution in [3.05, 3.63) is 59.0 Å². The van der Waals surface area contributed by atoms with Gasteiger partial charge in [0.1, 0.15) is 11.6 Å². The van der Waals surface area contributed by atoms with Crippen molar-refractivity contribution in [2.75, 3.05) is 0 Å². The van der Waals surface area contributed by atoms with E-state index in [1.54, 1.807) is 12.3 Å². The van der Waals surface area contributed by atoms with Gasteiger partial charge in [-0.15, -0.1) is 0 Å². The average Bonchev–Trinajstić information content (AvgIpc) is 2.39. The summed E-state index contributed by atoms with van der Waals surface area (Å²) in [5, 5.41) is 2.30. The molecule has 4 heteroatoms. The van der Waals surface area contributed by atoms with Gasteiger partial charge in [0, 0.05) is 16.7 Å². The van der Waals surface area contributed by atoms with Gasteiger partial charge in [0.05, 0.1) is 0 Å². The van der Waals surface area contributed by atoms with Gasteiger partial charge >= 0.3 is 0 Å². The number of fused-ring (bicyclic) bond motifs is 1. The maximum atomic E-state index is 5.73. The molecule has 0 radical (unpaired) electrons. The molecule has 19 heavy (non-hydrogen) atoms. The second-order valence-electron chi connectivity index (χ2n) is 4.20. The van der Waals surface area contributed by atoms with Crippen LogP contribution in [0, 0.1) is 6.92 Å². The van der Waals surface area contributed by atoms with Crippen LogP contribution in [0.25, 0.3) is 10.8 Å². The minimum atomic E-state index is 0.559. The van der Waals surface area contributed by atoms with Gasteiger partial charge < -0.3 is 4.74 Å². The van der Waals surface area contributed by atoms with Crippen LogP contribution in [-0.2, 0) is 0 Å². The second-order valence-corrected chi connectivity index (χ2v) is 5.11. The summed E-state index contributed by atoms with van der Waals surface area (Å²) in [5.74, 6) is 2.03. The Labute approximate surface area is 119 Å². The number of aryl methyl sites for hydroxylation is 1. The molecule has 3 aromatic rings. The van der Waals surface area contributed by atoms with E-state index >= 15 is 0 Å². The van der Waals surface area contributed by atoms with Crippen LogP contribution in [0.5, 0.6) is 11.6 Å². The standard InChI is InChI=1S/C15H11BrN2O/c1-10-17-7-6-15(18-10)19-14-5-3-11-8-13(16)4-2-12(11)9-14/h2-9H,1H3. The van der Waals surface area contributed by atoms with Crippen molar-refractivity contribution in [3.8, 4) is 11.6 Å². The Morgan fingerprint density at radius 3 is 2.63 bits per heavy atom. The minimum Gasteiger partial charge on any atom is -0.439 e. The summed E-state index contributed by atoms with van der Waals surface area (Å²) in [6.07, 6.45) is 1.69. The van der Waals surface area contributed by atoms with Crippen molar-refractivity contribution in [2.45, 2.75) is 6.92 Å². The van der Waals surface area contributed by atoms with Crippen molar-refractivity contribution >= 4 is 26.7 Å². The lowest BCUT2D eigenvalue weighted by Gasteiger charge is -2.06. The molecule has 3 rings (SSSR count). The Hall–Kier alpha value is -1.94. The zero-order chi connectivity index (χ0) is 13.2. The first-order valence-corrected chi connectivity index (χ1v) is 6.67. The van der Waals surface area contributed by atoms with Gasteiger partial charge in [-0.3, -0.25) is 0 Å². The number of nitrogens with zero attached hydrogens (tertiary/aromatic N) is 2. The fraction of sp³-hybridized carbons (Fsp3) is 0.0667. The lowest BCUT2D eigenvalue weighted by molar-refractivity contribution is 0.460. The van der Waals surface area contributed by atoms with Gasteiger partial charge in [-0.1, -0.05) is 28.1 Å². The topological polar surface area (TPSA) is 35.0 Å². The molecular weight excluding hydrogens is 304 g/mol. The van der Waals surface area contributed by atoms with E-state index in [2.05, 4.69) is 38.0 Å². The first-order chi connectivity index (χ1) is 9.20. The van der Waals surface area contributed by atoms with Crippen LogP contribution >= 0.6 is 15.9 Å². The van der Waals surface area contributed by atoms with E-state index in [-0.39, 0.29) is 0 Å². The molecule has 94 valence electrons. The van der Waals surface area contributed by atoms with Crippen molar-refractivity contribution < 1.29 is 4.74 Å². The molecule has 1 heterocycles. The second kappa shape index (κ2) is 4.97. The largest absolute Gasteiger partial charge is 0.439 e. The number of ether oxygens (including phenoxy) is 1. The summed E-state index contributed by atoms with van der Waals surface area (Å²) >= 11 is 3.46. The normalized spacial score (nSPS) is 10.6. The lowest BCUT2D eigenvalue weighted by Crippen LogP contribution is -1.91. The van der Waals surface area contributed by atoms with Crippen LogP contribution in [-0.4, -0.2) is 9.97 Å². The average molecular weight is 315 g/mol. The highest BCUT2D eigenvalue weighted by Crippen LogP contribution is 2.26. The fourth-order valence-electron chi connectivity index (χ4n) is 1.87. The zero-order valence-corrected chi connectivity index (χ0v) is 11.9.